The number of anilines is 1. The molecule has 8 nitrogen and oxygen atoms in total. The Bertz CT molecular complexity index is 1110. The van der Waals surface area contributed by atoms with Gasteiger partial charge in [-0.15, -0.1) is 0 Å². The van der Waals surface area contributed by atoms with Crippen molar-refractivity contribution >= 4 is 57.9 Å². The molecule has 0 fully saturated rings. The fourth-order valence-electron chi connectivity index (χ4n) is 2.84. The summed E-state index contributed by atoms with van der Waals surface area (Å²) < 4.78 is 7.48. The highest BCUT2D eigenvalue weighted by atomic mass is 35.5. The van der Waals surface area contributed by atoms with Crippen molar-refractivity contribution in [2.24, 2.45) is 0 Å². The smallest absolute Gasteiger partial charge is 0.330 e. The van der Waals surface area contributed by atoms with Crippen LogP contribution in [0.1, 0.15) is 18.4 Å². The largest absolute Gasteiger partial charge is 0.469 e. The second kappa shape index (κ2) is 8.38. The van der Waals surface area contributed by atoms with Crippen molar-refractivity contribution < 1.29 is 9.53 Å². The van der Waals surface area contributed by atoms with Crippen molar-refractivity contribution in [2.45, 2.75) is 25.9 Å². The summed E-state index contributed by atoms with van der Waals surface area (Å²) in [6.07, 6.45) is 0.551. The van der Waals surface area contributed by atoms with E-state index in [1.54, 1.807) is 18.2 Å². The highest BCUT2D eigenvalue weighted by molar-refractivity contribution is 6.42. The highest BCUT2D eigenvalue weighted by Gasteiger charge is 2.19. The maximum atomic E-state index is 13.0. The number of carbonyl (C=O) groups is 1. The lowest BCUT2D eigenvalue weighted by molar-refractivity contribution is -0.140. The Morgan fingerprint density at radius 3 is 2.61 bits per heavy atom. The van der Waals surface area contributed by atoms with E-state index in [0.717, 1.165) is 5.56 Å². The zero-order valence-corrected chi connectivity index (χ0v) is 17.1. The monoisotopic (exact) mass is 443 g/mol. The van der Waals surface area contributed by atoms with E-state index in [1.807, 2.05) is 0 Å². The first-order chi connectivity index (χ1) is 13.3. The molecule has 2 N–H and O–H groups in total. The summed E-state index contributed by atoms with van der Waals surface area (Å²) >= 11 is 18.3. The predicted molar refractivity (Wildman–Crippen MR) is 108 cm³/mol. The van der Waals surface area contributed by atoms with Crippen LogP contribution in [0.2, 0.25) is 15.2 Å². The normalized spacial score (nSPS) is 11.1. The van der Waals surface area contributed by atoms with Crippen molar-refractivity contribution in [3.63, 3.8) is 0 Å². The summed E-state index contributed by atoms with van der Waals surface area (Å²) in [7, 11) is 1.31. The van der Waals surface area contributed by atoms with Gasteiger partial charge in [0.2, 0.25) is 5.95 Å². The van der Waals surface area contributed by atoms with Crippen LogP contribution in [0.5, 0.6) is 0 Å². The summed E-state index contributed by atoms with van der Waals surface area (Å²) in [6, 6.07) is 5.08. The number of nitrogens with zero attached hydrogens (tertiary/aromatic N) is 4. The molecular weight excluding hydrogens is 429 g/mol. The van der Waals surface area contributed by atoms with Gasteiger partial charge >= 0.3 is 11.7 Å². The van der Waals surface area contributed by atoms with Gasteiger partial charge in [-0.3, -0.25) is 13.9 Å². The molecule has 2 aromatic heterocycles. The van der Waals surface area contributed by atoms with Crippen LogP contribution in [0, 0.1) is 0 Å². The average molecular weight is 445 g/mol. The molecule has 3 aromatic rings. The fraction of sp³-hybridized carbons (Fsp3) is 0.294. The number of esters is 1. The van der Waals surface area contributed by atoms with E-state index in [2.05, 4.69) is 14.7 Å². The summed E-state index contributed by atoms with van der Waals surface area (Å²) in [4.78, 5) is 32.5. The quantitative estimate of drug-likeness (QED) is 0.462. The first-order valence-corrected chi connectivity index (χ1v) is 9.38. The molecule has 0 atom stereocenters. The van der Waals surface area contributed by atoms with Gasteiger partial charge in [-0.2, -0.15) is 9.97 Å². The van der Waals surface area contributed by atoms with Crippen molar-refractivity contribution in [1.82, 2.24) is 19.1 Å². The van der Waals surface area contributed by atoms with Gasteiger partial charge in [-0.05, 0) is 24.1 Å². The van der Waals surface area contributed by atoms with Gasteiger partial charge in [0.1, 0.15) is 5.52 Å². The summed E-state index contributed by atoms with van der Waals surface area (Å²) in [5.41, 5.74) is 6.76. The second-order valence-corrected chi connectivity index (χ2v) is 7.17. The Labute approximate surface area is 174 Å². The van der Waals surface area contributed by atoms with Crippen LogP contribution in [0.4, 0.5) is 5.95 Å². The van der Waals surface area contributed by atoms with Crippen LogP contribution < -0.4 is 11.4 Å². The number of carbonyl (C=O) groups excluding carboxylic acids is 1. The number of fused-ring (bicyclic) bond motifs is 1. The number of nitrogens with two attached hydrogens (primary N) is 1. The molecule has 148 valence electrons. The molecule has 11 heteroatoms. The molecular formula is C17H16Cl3N5O3. The van der Waals surface area contributed by atoms with Gasteiger partial charge in [-0.25, -0.2) is 4.79 Å². The molecule has 0 unspecified atom stereocenters. The van der Waals surface area contributed by atoms with Gasteiger partial charge in [0.05, 0.1) is 23.7 Å². The molecule has 1 aromatic carbocycles. The molecule has 0 amide bonds. The minimum Gasteiger partial charge on any atom is -0.469 e. The van der Waals surface area contributed by atoms with Crippen molar-refractivity contribution in [1.29, 1.82) is 0 Å². The van der Waals surface area contributed by atoms with Crippen molar-refractivity contribution in [3.8, 4) is 0 Å². The van der Waals surface area contributed by atoms with Crippen molar-refractivity contribution in [2.75, 3.05) is 12.8 Å². The predicted octanol–water partition coefficient (Wildman–Crippen LogP) is 3.14. The third-order valence-electron chi connectivity index (χ3n) is 4.14. The number of hydrogen-bond acceptors (Lipinski definition) is 6. The average Bonchev–Trinajstić information content (AvgIpc) is 2.90. The van der Waals surface area contributed by atoms with Crippen LogP contribution in [-0.2, 0) is 22.6 Å². The second-order valence-electron chi connectivity index (χ2n) is 5.99. The number of rotatable bonds is 6. The van der Waals surface area contributed by atoms with Crippen LogP contribution in [0.15, 0.2) is 23.0 Å². The van der Waals surface area contributed by atoms with Crippen LogP contribution in [-0.4, -0.2) is 32.2 Å². The maximum absolute atomic E-state index is 13.0. The molecule has 0 saturated carbocycles. The number of aromatic nitrogens is 4. The Morgan fingerprint density at radius 2 is 1.93 bits per heavy atom. The highest BCUT2D eigenvalue weighted by Crippen LogP contribution is 2.25. The molecule has 3 rings (SSSR count). The number of imidazole rings is 1. The first-order valence-electron chi connectivity index (χ1n) is 8.24. The topological polar surface area (TPSA) is 105 Å². The van der Waals surface area contributed by atoms with E-state index in [0.29, 0.717) is 27.6 Å². The number of hydrogen-bond donors (Lipinski definition) is 1. The number of nitrogen functional groups attached to an aromatic ring is 1. The number of ether oxygens (including phenoxy) is 1. The van der Waals surface area contributed by atoms with Crippen LogP contribution >= 0.6 is 34.8 Å². The number of methoxy groups -OCH3 is 1. The molecule has 0 aliphatic carbocycles. The van der Waals surface area contributed by atoms with E-state index in [4.69, 9.17) is 40.5 Å². The summed E-state index contributed by atoms with van der Waals surface area (Å²) in [5.74, 6) is -0.411. The zero-order valence-electron chi connectivity index (χ0n) is 14.8. The van der Waals surface area contributed by atoms with Gasteiger partial charge < -0.3 is 10.5 Å². The van der Waals surface area contributed by atoms with E-state index < -0.39 is 0 Å². The van der Waals surface area contributed by atoms with Gasteiger partial charge in [0, 0.05) is 13.0 Å². The number of aryl methyl sites for hydroxylation is 1. The maximum Gasteiger partial charge on any atom is 0.330 e. The van der Waals surface area contributed by atoms with Crippen molar-refractivity contribution in [3.05, 3.63) is 49.4 Å². The van der Waals surface area contributed by atoms with Crippen LogP contribution in [0.25, 0.3) is 11.2 Å². The number of halogens is 3. The minimum atomic E-state index is -0.362. The van der Waals surface area contributed by atoms with Crippen LogP contribution in [0.3, 0.4) is 0 Å². The van der Waals surface area contributed by atoms with E-state index in [-0.39, 0.29) is 42.3 Å². The number of benzene rings is 1. The molecule has 28 heavy (non-hydrogen) atoms. The van der Waals surface area contributed by atoms with E-state index in [1.165, 1.54) is 16.2 Å². The third-order valence-corrected chi connectivity index (χ3v) is 5.15. The van der Waals surface area contributed by atoms with E-state index in [9.17, 15) is 9.59 Å². The molecule has 0 aliphatic heterocycles. The standard InChI is InChI=1S/C17H16Cl3N5O3/c1-28-12(26)3-2-6-24-13-14(20)22-16(21)23-15(13)25(17(24)27)8-9-4-5-10(18)11(19)7-9/h4-5,7H,2-3,6,8H2,1H3,(H2,21,22,23). The summed E-state index contributed by atoms with van der Waals surface area (Å²) in [5, 5.41) is 0.851. The molecule has 0 aliphatic rings. The minimum absolute atomic E-state index is 0.0490. The molecule has 0 radical (unpaired) electrons. The first kappa shape index (κ1) is 20.4. The Kier molecular flexibility index (Phi) is 6.12. The lowest BCUT2D eigenvalue weighted by atomic mass is 10.2. The van der Waals surface area contributed by atoms with Gasteiger partial charge in [0.25, 0.3) is 0 Å². The lowest BCUT2D eigenvalue weighted by Gasteiger charge is -2.05. The Balaban J connectivity index is 2.06. The Morgan fingerprint density at radius 1 is 1.18 bits per heavy atom. The molecule has 0 spiro atoms. The van der Waals surface area contributed by atoms with Gasteiger partial charge in [0.15, 0.2) is 10.8 Å². The summed E-state index contributed by atoms with van der Waals surface area (Å²) in [6.45, 7) is 0.425. The molecule has 0 saturated heterocycles. The zero-order chi connectivity index (χ0) is 20.4. The lowest BCUT2D eigenvalue weighted by Crippen LogP contribution is -2.25. The van der Waals surface area contributed by atoms with Gasteiger partial charge in [-0.1, -0.05) is 40.9 Å². The third kappa shape index (κ3) is 4.09. The van der Waals surface area contributed by atoms with E-state index >= 15 is 0 Å². The fourth-order valence-corrected chi connectivity index (χ4v) is 3.43. The Hall–Kier alpha value is -2.29. The molecule has 0 bridgehead atoms. The molecule has 2 heterocycles. The SMILES string of the molecule is COC(=O)CCCn1c(=O)n(Cc2ccc(Cl)c(Cl)c2)c2nc(N)nc(Cl)c21.